The summed E-state index contributed by atoms with van der Waals surface area (Å²) in [6.45, 7) is 2.01. The first-order valence-electron chi connectivity index (χ1n) is 7.95. The number of carbonyl (C=O) groups is 1. The predicted octanol–water partition coefficient (Wildman–Crippen LogP) is 4.56. The zero-order valence-corrected chi connectivity index (χ0v) is 15.2. The van der Waals surface area contributed by atoms with E-state index in [9.17, 15) is 18.0 Å². The van der Waals surface area contributed by atoms with E-state index in [4.69, 9.17) is 4.74 Å². The highest BCUT2D eigenvalue weighted by atomic mass is 79.9. The molecule has 8 heteroatoms. The maximum absolute atomic E-state index is 13.5. The summed E-state index contributed by atoms with van der Waals surface area (Å²) in [7, 11) is 0. The summed E-state index contributed by atoms with van der Waals surface area (Å²) in [4.78, 5) is 14.1. The van der Waals surface area contributed by atoms with Crippen LogP contribution in [0.4, 0.5) is 24.5 Å². The Hall–Kier alpha value is -2.06. The summed E-state index contributed by atoms with van der Waals surface area (Å²) >= 11 is 3.24. The van der Waals surface area contributed by atoms with Gasteiger partial charge in [0.25, 0.3) is 5.91 Å². The number of benzene rings is 2. The van der Waals surface area contributed by atoms with Crippen LogP contribution in [-0.2, 0) is 10.9 Å². The number of halogens is 4. The average Bonchev–Trinajstić information content (AvgIpc) is 2.62. The van der Waals surface area contributed by atoms with Crippen molar-refractivity contribution in [1.29, 1.82) is 0 Å². The van der Waals surface area contributed by atoms with E-state index in [1.807, 2.05) is 4.90 Å². The number of rotatable bonds is 3. The van der Waals surface area contributed by atoms with Crippen LogP contribution in [0.5, 0.6) is 0 Å². The van der Waals surface area contributed by atoms with Gasteiger partial charge in [-0.1, -0.05) is 22.0 Å². The van der Waals surface area contributed by atoms with Crippen molar-refractivity contribution in [3.05, 3.63) is 58.1 Å². The van der Waals surface area contributed by atoms with Crippen LogP contribution in [0, 0.1) is 0 Å². The number of hydrogen-bond donors (Lipinski definition) is 1. The lowest BCUT2D eigenvalue weighted by atomic mass is 10.1. The molecule has 0 atom stereocenters. The van der Waals surface area contributed by atoms with Crippen LogP contribution in [0.15, 0.2) is 46.9 Å². The van der Waals surface area contributed by atoms with Gasteiger partial charge in [-0.05, 0) is 36.4 Å². The van der Waals surface area contributed by atoms with Crippen molar-refractivity contribution in [2.75, 3.05) is 36.5 Å². The molecule has 3 rings (SSSR count). The molecule has 1 aliphatic rings. The van der Waals surface area contributed by atoms with Crippen molar-refractivity contribution < 1.29 is 22.7 Å². The summed E-state index contributed by atoms with van der Waals surface area (Å²) in [5, 5.41) is 2.37. The lowest BCUT2D eigenvalue weighted by Gasteiger charge is -2.29. The first-order valence-corrected chi connectivity index (χ1v) is 8.75. The van der Waals surface area contributed by atoms with Gasteiger partial charge in [-0.15, -0.1) is 0 Å². The lowest BCUT2D eigenvalue weighted by Crippen LogP contribution is -2.36. The molecule has 0 aliphatic carbocycles. The molecule has 1 aliphatic heterocycles. The molecule has 2 aromatic carbocycles. The molecule has 1 amide bonds. The minimum Gasteiger partial charge on any atom is -0.378 e. The second-order valence-electron chi connectivity index (χ2n) is 5.79. The number of hydrogen-bond acceptors (Lipinski definition) is 3. The average molecular weight is 429 g/mol. The van der Waals surface area contributed by atoms with Crippen molar-refractivity contribution in [2.24, 2.45) is 0 Å². The van der Waals surface area contributed by atoms with Crippen molar-refractivity contribution in [1.82, 2.24) is 0 Å². The summed E-state index contributed by atoms with van der Waals surface area (Å²) in [5.74, 6) is -0.601. The molecular weight excluding hydrogens is 413 g/mol. The maximum atomic E-state index is 13.5. The normalized spacial score (nSPS) is 15.0. The van der Waals surface area contributed by atoms with Crippen molar-refractivity contribution in [3.8, 4) is 0 Å². The molecular formula is C18H16BrF3N2O2. The summed E-state index contributed by atoms with van der Waals surface area (Å²) in [6.07, 6.45) is -4.58. The Bertz CT molecular complexity index is 805. The summed E-state index contributed by atoms with van der Waals surface area (Å²) in [5.41, 5.74) is -0.407. The topological polar surface area (TPSA) is 41.6 Å². The molecule has 4 nitrogen and oxygen atoms in total. The Kier molecular flexibility index (Phi) is 5.52. The number of ether oxygens (including phenoxy) is 1. The Balaban J connectivity index is 1.89. The van der Waals surface area contributed by atoms with Gasteiger partial charge in [-0.25, -0.2) is 0 Å². The van der Waals surface area contributed by atoms with Crippen LogP contribution >= 0.6 is 15.9 Å². The minimum atomic E-state index is -4.58. The van der Waals surface area contributed by atoms with Crippen molar-refractivity contribution >= 4 is 33.2 Å². The standard InChI is InChI=1S/C18H16BrF3N2O2/c19-13-3-1-2-12(10-13)17(25)23-16-5-4-14(11-15(16)18(20,21)22)24-6-8-26-9-7-24/h1-5,10-11H,6-9H2,(H,23,25). The van der Waals surface area contributed by atoms with Crippen molar-refractivity contribution in [2.45, 2.75) is 6.18 Å². The number of nitrogens with one attached hydrogen (secondary N) is 1. The quantitative estimate of drug-likeness (QED) is 0.778. The number of alkyl halides is 3. The molecule has 138 valence electrons. The SMILES string of the molecule is O=C(Nc1ccc(N2CCOCC2)cc1C(F)(F)F)c1cccc(Br)c1. The molecule has 0 unspecified atom stereocenters. The fourth-order valence-corrected chi connectivity index (χ4v) is 3.12. The molecule has 26 heavy (non-hydrogen) atoms. The Morgan fingerprint density at radius 1 is 1.12 bits per heavy atom. The number of nitrogens with zero attached hydrogens (tertiary/aromatic N) is 1. The van der Waals surface area contributed by atoms with Gasteiger partial charge in [-0.3, -0.25) is 4.79 Å². The first kappa shape index (κ1) is 18.7. The number of morpholine rings is 1. The van der Waals surface area contributed by atoms with E-state index in [1.54, 1.807) is 24.3 Å². The molecule has 1 heterocycles. The molecule has 0 radical (unpaired) electrons. The Morgan fingerprint density at radius 2 is 1.85 bits per heavy atom. The van der Waals surface area contributed by atoms with Gasteiger partial charge in [0, 0.05) is 28.8 Å². The second kappa shape index (κ2) is 7.67. The van der Waals surface area contributed by atoms with Gasteiger partial charge >= 0.3 is 6.18 Å². The number of anilines is 2. The molecule has 2 aromatic rings. The minimum absolute atomic E-state index is 0.264. The smallest absolute Gasteiger partial charge is 0.378 e. The third-order valence-corrected chi connectivity index (χ3v) is 4.51. The molecule has 0 bridgehead atoms. The van der Waals surface area contributed by atoms with Crippen LogP contribution in [-0.4, -0.2) is 32.2 Å². The van der Waals surface area contributed by atoms with Gasteiger partial charge in [0.2, 0.25) is 0 Å². The van der Waals surface area contributed by atoms with Crippen LogP contribution in [0.3, 0.4) is 0 Å². The van der Waals surface area contributed by atoms with E-state index in [0.717, 1.165) is 6.07 Å². The number of amides is 1. The van der Waals surface area contributed by atoms with E-state index in [2.05, 4.69) is 21.2 Å². The molecule has 0 spiro atoms. The van der Waals surface area contributed by atoms with Gasteiger partial charge < -0.3 is 15.0 Å². The van der Waals surface area contributed by atoms with E-state index < -0.39 is 17.6 Å². The van der Waals surface area contributed by atoms with Crippen LogP contribution in [0.1, 0.15) is 15.9 Å². The van der Waals surface area contributed by atoms with Gasteiger partial charge in [0.15, 0.2) is 0 Å². The van der Waals surface area contributed by atoms with Gasteiger partial charge in [0.1, 0.15) is 0 Å². The predicted molar refractivity (Wildman–Crippen MR) is 96.6 cm³/mol. The first-order chi connectivity index (χ1) is 12.3. The third kappa shape index (κ3) is 4.37. The van der Waals surface area contributed by atoms with E-state index in [0.29, 0.717) is 36.5 Å². The second-order valence-corrected chi connectivity index (χ2v) is 6.71. The highest BCUT2D eigenvalue weighted by Gasteiger charge is 2.35. The highest BCUT2D eigenvalue weighted by Crippen LogP contribution is 2.37. The Labute approximate surface area is 157 Å². The fourth-order valence-electron chi connectivity index (χ4n) is 2.72. The molecule has 0 aromatic heterocycles. The van der Waals surface area contributed by atoms with E-state index >= 15 is 0 Å². The molecule has 1 N–H and O–H groups in total. The van der Waals surface area contributed by atoms with Crippen LogP contribution in [0.2, 0.25) is 0 Å². The molecule has 1 fully saturated rings. The largest absolute Gasteiger partial charge is 0.418 e. The highest BCUT2D eigenvalue weighted by molar-refractivity contribution is 9.10. The van der Waals surface area contributed by atoms with E-state index in [1.165, 1.54) is 12.1 Å². The van der Waals surface area contributed by atoms with Gasteiger partial charge in [-0.2, -0.15) is 13.2 Å². The summed E-state index contributed by atoms with van der Waals surface area (Å²) < 4.78 is 46.4. The van der Waals surface area contributed by atoms with Crippen LogP contribution in [0.25, 0.3) is 0 Å². The maximum Gasteiger partial charge on any atom is 0.418 e. The molecule has 0 saturated carbocycles. The zero-order valence-electron chi connectivity index (χ0n) is 13.6. The van der Waals surface area contributed by atoms with E-state index in [-0.39, 0.29) is 11.3 Å². The lowest BCUT2D eigenvalue weighted by molar-refractivity contribution is -0.136. The zero-order chi connectivity index (χ0) is 18.7. The number of carbonyl (C=O) groups excluding carboxylic acids is 1. The third-order valence-electron chi connectivity index (χ3n) is 4.02. The summed E-state index contributed by atoms with van der Waals surface area (Å²) in [6, 6.07) is 10.4. The van der Waals surface area contributed by atoms with Gasteiger partial charge in [0.05, 0.1) is 24.5 Å². The Morgan fingerprint density at radius 3 is 2.50 bits per heavy atom. The monoisotopic (exact) mass is 428 g/mol. The van der Waals surface area contributed by atoms with Crippen LogP contribution < -0.4 is 10.2 Å². The molecule has 1 saturated heterocycles. The fraction of sp³-hybridized carbons (Fsp3) is 0.278. The van der Waals surface area contributed by atoms with Crippen molar-refractivity contribution in [3.63, 3.8) is 0 Å².